The van der Waals surface area contributed by atoms with Crippen molar-refractivity contribution in [1.82, 2.24) is 0 Å². The predicted molar refractivity (Wildman–Crippen MR) is 205 cm³/mol. The zero-order chi connectivity index (χ0) is 35.9. The Bertz CT molecular complexity index is 887. The SMILES string of the molecule is CC/C=C\C/C=C\C/C=C\C/C=C\CCCCCCCCC(=O)OCC(COC(=O)CCCCCCCC)OC(=O)CCCCCCCC. The molecule has 0 rings (SSSR count). The van der Waals surface area contributed by atoms with Crippen molar-refractivity contribution in [1.29, 1.82) is 0 Å². The molecule has 1 atom stereocenters. The number of unbranched alkanes of at least 4 members (excludes halogenated alkanes) is 16. The highest BCUT2D eigenvalue weighted by atomic mass is 16.6. The molecule has 0 aromatic rings. The van der Waals surface area contributed by atoms with Crippen molar-refractivity contribution in [3.63, 3.8) is 0 Å². The second-order valence-corrected chi connectivity index (χ2v) is 13.2. The summed E-state index contributed by atoms with van der Waals surface area (Å²) in [6.07, 6.45) is 42.8. The summed E-state index contributed by atoms with van der Waals surface area (Å²) in [5.41, 5.74) is 0. The molecule has 0 saturated carbocycles. The summed E-state index contributed by atoms with van der Waals surface area (Å²) in [6.45, 7) is 6.36. The van der Waals surface area contributed by atoms with Crippen LogP contribution in [0.2, 0.25) is 0 Å². The highest BCUT2D eigenvalue weighted by Gasteiger charge is 2.19. The number of carbonyl (C=O) groups is 3. The van der Waals surface area contributed by atoms with Gasteiger partial charge in [-0.25, -0.2) is 0 Å². The summed E-state index contributed by atoms with van der Waals surface area (Å²) in [5.74, 6) is -0.919. The Morgan fingerprint density at radius 2 is 0.796 bits per heavy atom. The van der Waals surface area contributed by atoms with Crippen molar-refractivity contribution in [2.24, 2.45) is 0 Å². The second-order valence-electron chi connectivity index (χ2n) is 13.2. The van der Waals surface area contributed by atoms with Crippen molar-refractivity contribution in [3.05, 3.63) is 48.6 Å². The predicted octanol–water partition coefficient (Wildman–Crippen LogP) is 12.4. The van der Waals surface area contributed by atoms with Crippen LogP contribution in [0.5, 0.6) is 0 Å². The van der Waals surface area contributed by atoms with E-state index in [0.29, 0.717) is 19.3 Å². The van der Waals surface area contributed by atoms with E-state index in [9.17, 15) is 14.4 Å². The molecule has 0 amide bonds. The molecule has 6 heteroatoms. The quantitative estimate of drug-likeness (QED) is 0.0286. The number of hydrogen-bond donors (Lipinski definition) is 0. The third kappa shape index (κ3) is 36.5. The van der Waals surface area contributed by atoms with E-state index >= 15 is 0 Å². The third-order valence-corrected chi connectivity index (χ3v) is 8.35. The Labute approximate surface area is 301 Å². The van der Waals surface area contributed by atoms with Crippen molar-refractivity contribution in [3.8, 4) is 0 Å². The van der Waals surface area contributed by atoms with Crippen LogP contribution < -0.4 is 0 Å². The fourth-order valence-corrected chi connectivity index (χ4v) is 5.31. The molecule has 0 aliphatic rings. The van der Waals surface area contributed by atoms with Gasteiger partial charge in [-0.05, 0) is 57.8 Å². The zero-order valence-electron chi connectivity index (χ0n) is 31.9. The van der Waals surface area contributed by atoms with Crippen LogP contribution in [0.4, 0.5) is 0 Å². The largest absolute Gasteiger partial charge is 0.462 e. The number of allylic oxidation sites excluding steroid dienone is 8. The molecule has 0 radical (unpaired) electrons. The summed E-state index contributed by atoms with van der Waals surface area (Å²) in [4.78, 5) is 37.2. The standard InChI is InChI=1S/C43H74O6/c1-4-7-10-13-16-17-18-19-20-21-22-23-24-25-26-27-28-31-33-36-42(45)48-39-40(49-43(46)37-34-30-15-12-9-6-3)38-47-41(44)35-32-29-14-11-8-5-2/h7,10,16-17,19-20,22-23,40H,4-6,8-9,11-15,18,21,24-39H2,1-3H3/b10-7-,17-16-,20-19-,23-22-. The summed E-state index contributed by atoms with van der Waals surface area (Å²) in [6, 6.07) is 0. The maximum atomic E-state index is 12.5. The van der Waals surface area contributed by atoms with E-state index in [1.165, 1.54) is 57.8 Å². The second kappa shape index (κ2) is 38.2. The lowest BCUT2D eigenvalue weighted by atomic mass is 10.1. The van der Waals surface area contributed by atoms with Gasteiger partial charge in [-0.1, -0.05) is 159 Å². The highest BCUT2D eigenvalue weighted by Crippen LogP contribution is 2.12. The van der Waals surface area contributed by atoms with Crippen LogP contribution in [-0.4, -0.2) is 37.2 Å². The molecule has 1 unspecified atom stereocenters. The average molecular weight is 687 g/mol. The molecule has 0 saturated heterocycles. The van der Waals surface area contributed by atoms with Crippen LogP contribution >= 0.6 is 0 Å². The van der Waals surface area contributed by atoms with E-state index in [2.05, 4.69) is 69.4 Å². The molecule has 0 N–H and O–H groups in total. The number of ether oxygens (including phenoxy) is 3. The summed E-state index contributed by atoms with van der Waals surface area (Å²) >= 11 is 0. The number of hydrogen-bond acceptors (Lipinski definition) is 6. The first-order valence-electron chi connectivity index (χ1n) is 20.1. The van der Waals surface area contributed by atoms with E-state index in [4.69, 9.17) is 14.2 Å². The summed E-state index contributed by atoms with van der Waals surface area (Å²) in [5, 5.41) is 0. The van der Waals surface area contributed by atoms with Crippen molar-refractivity contribution < 1.29 is 28.6 Å². The molecule has 49 heavy (non-hydrogen) atoms. The average Bonchev–Trinajstić information content (AvgIpc) is 3.10. The van der Waals surface area contributed by atoms with Gasteiger partial charge >= 0.3 is 17.9 Å². The first-order valence-corrected chi connectivity index (χ1v) is 20.1. The number of esters is 3. The zero-order valence-corrected chi connectivity index (χ0v) is 31.9. The normalized spacial score (nSPS) is 12.5. The van der Waals surface area contributed by atoms with E-state index in [1.54, 1.807) is 0 Å². The molecule has 6 nitrogen and oxygen atoms in total. The maximum absolute atomic E-state index is 12.5. The fourth-order valence-electron chi connectivity index (χ4n) is 5.31. The Balaban J connectivity index is 4.18. The molecular weight excluding hydrogens is 612 g/mol. The van der Waals surface area contributed by atoms with E-state index < -0.39 is 6.10 Å². The van der Waals surface area contributed by atoms with Crippen molar-refractivity contribution >= 4 is 17.9 Å². The Kier molecular flexibility index (Phi) is 36.1. The number of carbonyl (C=O) groups excluding carboxylic acids is 3. The van der Waals surface area contributed by atoms with Crippen LogP contribution in [0.25, 0.3) is 0 Å². The lowest BCUT2D eigenvalue weighted by Crippen LogP contribution is -2.30. The van der Waals surface area contributed by atoms with Gasteiger partial charge in [0, 0.05) is 19.3 Å². The fraction of sp³-hybridized carbons (Fsp3) is 0.744. The molecule has 0 heterocycles. The monoisotopic (exact) mass is 687 g/mol. The van der Waals surface area contributed by atoms with Gasteiger partial charge in [-0.3, -0.25) is 14.4 Å². The molecule has 0 aromatic heterocycles. The van der Waals surface area contributed by atoms with Crippen LogP contribution in [0.15, 0.2) is 48.6 Å². The van der Waals surface area contributed by atoms with Gasteiger partial charge < -0.3 is 14.2 Å². The lowest BCUT2D eigenvalue weighted by Gasteiger charge is -2.18. The van der Waals surface area contributed by atoms with Gasteiger partial charge in [0.25, 0.3) is 0 Å². The molecule has 282 valence electrons. The molecule has 0 aromatic carbocycles. The summed E-state index contributed by atoms with van der Waals surface area (Å²) < 4.78 is 16.5. The molecular formula is C43H74O6. The molecule has 0 bridgehead atoms. The summed E-state index contributed by atoms with van der Waals surface area (Å²) in [7, 11) is 0. The lowest BCUT2D eigenvalue weighted by molar-refractivity contribution is -0.167. The van der Waals surface area contributed by atoms with E-state index in [0.717, 1.165) is 89.9 Å². The van der Waals surface area contributed by atoms with Crippen molar-refractivity contribution in [2.75, 3.05) is 13.2 Å². The van der Waals surface area contributed by atoms with Gasteiger partial charge in [0.2, 0.25) is 0 Å². The van der Waals surface area contributed by atoms with Crippen molar-refractivity contribution in [2.45, 2.75) is 194 Å². The minimum Gasteiger partial charge on any atom is -0.462 e. The highest BCUT2D eigenvalue weighted by molar-refractivity contribution is 5.71. The first kappa shape index (κ1) is 46.4. The van der Waals surface area contributed by atoms with Gasteiger partial charge in [0.1, 0.15) is 13.2 Å². The van der Waals surface area contributed by atoms with E-state index in [-0.39, 0.29) is 31.1 Å². The molecule has 0 aliphatic heterocycles. The van der Waals surface area contributed by atoms with Gasteiger partial charge in [0.15, 0.2) is 6.10 Å². The van der Waals surface area contributed by atoms with E-state index in [1.807, 2.05) is 0 Å². The molecule has 0 fully saturated rings. The van der Waals surface area contributed by atoms with Gasteiger partial charge in [-0.15, -0.1) is 0 Å². The molecule has 0 spiro atoms. The van der Waals surface area contributed by atoms with Crippen LogP contribution in [0.3, 0.4) is 0 Å². The first-order chi connectivity index (χ1) is 24.0. The minimum atomic E-state index is -0.768. The third-order valence-electron chi connectivity index (χ3n) is 8.35. The smallest absolute Gasteiger partial charge is 0.306 e. The van der Waals surface area contributed by atoms with Crippen LogP contribution in [0, 0.1) is 0 Å². The Morgan fingerprint density at radius 3 is 1.24 bits per heavy atom. The topological polar surface area (TPSA) is 78.9 Å². The van der Waals surface area contributed by atoms with Gasteiger partial charge in [-0.2, -0.15) is 0 Å². The van der Waals surface area contributed by atoms with Gasteiger partial charge in [0.05, 0.1) is 0 Å². The molecule has 0 aliphatic carbocycles. The minimum absolute atomic E-state index is 0.0783. The number of rotatable bonds is 35. The maximum Gasteiger partial charge on any atom is 0.306 e. The van der Waals surface area contributed by atoms with Crippen LogP contribution in [-0.2, 0) is 28.6 Å². The van der Waals surface area contributed by atoms with Crippen LogP contribution in [0.1, 0.15) is 188 Å². The Hall–Kier alpha value is -2.63. The Morgan fingerprint density at radius 1 is 0.429 bits per heavy atom.